The molecule has 166 valence electrons. The third-order valence-corrected chi connectivity index (χ3v) is 6.10. The molecule has 0 aliphatic carbocycles. The van der Waals surface area contributed by atoms with E-state index in [1.165, 1.54) is 52.6 Å². The number of aliphatic hydroxyl groups is 1. The van der Waals surface area contributed by atoms with Gasteiger partial charge in [-0.15, -0.1) is 0 Å². The van der Waals surface area contributed by atoms with Gasteiger partial charge in [0, 0.05) is 17.7 Å². The average molecular weight is 425 g/mol. The quantitative estimate of drug-likeness (QED) is 0.286. The number of benzene rings is 3. The van der Waals surface area contributed by atoms with Crippen LogP contribution < -0.4 is 0 Å². The maximum absolute atomic E-state index is 9.26. The van der Waals surface area contributed by atoms with Gasteiger partial charge in [-0.2, -0.15) is 0 Å². The van der Waals surface area contributed by atoms with E-state index in [4.69, 9.17) is 0 Å². The van der Waals surface area contributed by atoms with Gasteiger partial charge < -0.3 is 5.11 Å². The zero-order chi connectivity index (χ0) is 22.8. The van der Waals surface area contributed by atoms with E-state index in [1.807, 2.05) is 0 Å². The Morgan fingerprint density at radius 1 is 0.625 bits per heavy atom. The third kappa shape index (κ3) is 6.35. The summed E-state index contributed by atoms with van der Waals surface area (Å²) in [7, 11) is 0. The number of rotatable bonds is 9. The first-order chi connectivity index (χ1) is 15.7. The van der Waals surface area contributed by atoms with Crippen molar-refractivity contribution < 1.29 is 5.11 Å². The van der Waals surface area contributed by atoms with Crippen LogP contribution in [0.5, 0.6) is 0 Å². The van der Waals surface area contributed by atoms with E-state index in [2.05, 4.69) is 93.3 Å². The molecule has 1 heteroatoms. The first-order valence-electron chi connectivity index (χ1n) is 12.1. The van der Waals surface area contributed by atoms with E-state index < -0.39 is 0 Å². The Bertz CT molecular complexity index is 1060. The van der Waals surface area contributed by atoms with Crippen LogP contribution in [0.1, 0.15) is 73.4 Å². The van der Waals surface area contributed by atoms with Gasteiger partial charge in [-0.3, -0.25) is 0 Å². The number of hydrogen-bond donors (Lipinski definition) is 1. The van der Waals surface area contributed by atoms with Gasteiger partial charge in [0.2, 0.25) is 0 Å². The van der Waals surface area contributed by atoms with Crippen molar-refractivity contribution >= 4 is 0 Å². The van der Waals surface area contributed by atoms with Gasteiger partial charge in [-0.05, 0) is 89.8 Å². The molecular formula is C31H36O. The molecule has 3 rings (SSSR count). The van der Waals surface area contributed by atoms with Gasteiger partial charge >= 0.3 is 0 Å². The van der Waals surface area contributed by atoms with Crippen LogP contribution in [0, 0.1) is 11.8 Å². The minimum absolute atomic E-state index is 0.192. The first kappa shape index (κ1) is 23.8. The van der Waals surface area contributed by atoms with Crippen molar-refractivity contribution in [3.63, 3.8) is 0 Å². The summed E-state index contributed by atoms with van der Waals surface area (Å²) in [4.78, 5) is 0. The van der Waals surface area contributed by atoms with E-state index in [0.29, 0.717) is 6.42 Å². The molecule has 1 N–H and O–H groups in total. The molecule has 0 aromatic heterocycles. The summed E-state index contributed by atoms with van der Waals surface area (Å²) in [5.74, 6) is 6.70. The number of aryl methyl sites for hydroxylation is 3. The molecule has 0 bridgehead atoms. The predicted molar refractivity (Wildman–Crippen MR) is 137 cm³/mol. The number of aliphatic hydroxyl groups excluding tert-OH is 1. The van der Waals surface area contributed by atoms with E-state index >= 15 is 0 Å². The van der Waals surface area contributed by atoms with Crippen LogP contribution in [0.3, 0.4) is 0 Å². The van der Waals surface area contributed by atoms with Gasteiger partial charge in [-0.1, -0.05) is 81.9 Å². The Morgan fingerprint density at radius 2 is 1.22 bits per heavy atom. The highest BCUT2D eigenvalue weighted by molar-refractivity contribution is 5.72. The highest BCUT2D eigenvalue weighted by atomic mass is 16.2. The minimum atomic E-state index is 0.192. The number of hydrogen-bond acceptors (Lipinski definition) is 1. The van der Waals surface area contributed by atoms with E-state index in [0.717, 1.165) is 30.4 Å². The third-order valence-electron chi connectivity index (χ3n) is 6.10. The Kier molecular flexibility index (Phi) is 9.14. The van der Waals surface area contributed by atoms with Crippen LogP contribution >= 0.6 is 0 Å². The molecule has 0 aliphatic rings. The molecule has 0 radical (unpaired) electrons. The molecule has 0 aliphatic heterocycles. The fourth-order valence-electron chi connectivity index (χ4n) is 4.19. The van der Waals surface area contributed by atoms with Gasteiger partial charge in [0.25, 0.3) is 0 Å². The molecule has 0 saturated heterocycles. The van der Waals surface area contributed by atoms with Crippen LogP contribution in [0.2, 0.25) is 0 Å². The first-order valence-corrected chi connectivity index (χ1v) is 12.1. The van der Waals surface area contributed by atoms with Crippen LogP contribution in [-0.2, 0) is 25.7 Å². The summed E-state index contributed by atoms with van der Waals surface area (Å²) < 4.78 is 0. The van der Waals surface area contributed by atoms with Crippen LogP contribution in [0.4, 0.5) is 0 Å². The SMILES string of the molecule is CCCCCc1ccc(C#Cc2ccc(-c3ccc(CCO)cc3CC)c(CC)c2)cc1. The fraction of sp³-hybridized carbons (Fsp3) is 0.355. The molecule has 1 nitrogen and oxygen atoms in total. The lowest BCUT2D eigenvalue weighted by Crippen LogP contribution is -1.97. The van der Waals surface area contributed by atoms with Crippen molar-refractivity contribution in [1.29, 1.82) is 0 Å². The molecule has 0 fully saturated rings. The molecule has 32 heavy (non-hydrogen) atoms. The highest BCUT2D eigenvalue weighted by Gasteiger charge is 2.10. The lowest BCUT2D eigenvalue weighted by Gasteiger charge is -2.14. The second kappa shape index (κ2) is 12.3. The second-order valence-electron chi connectivity index (χ2n) is 8.45. The molecule has 0 saturated carbocycles. The molecule has 0 spiro atoms. The van der Waals surface area contributed by atoms with Crippen molar-refractivity contribution in [2.75, 3.05) is 6.61 Å². The Balaban J connectivity index is 1.81. The summed E-state index contributed by atoms with van der Waals surface area (Å²) >= 11 is 0. The molecular weight excluding hydrogens is 388 g/mol. The van der Waals surface area contributed by atoms with E-state index in [9.17, 15) is 5.11 Å². The molecule has 0 heterocycles. The van der Waals surface area contributed by atoms with Crippen molar-refractivity contribution in [2.24, 2.45) is 0 Å². The van der Waals surface area contributed by atoms with Crippen molar-refractivity contribution in [2.45, 2.75) is 65.7 Å². The zero-order valence-corrected chi connectivity index (χ0v) is 19.9. The smallest absolute Gasteiger partial charge is 0.0471 e. The summed E-state index contributed by atoms with van der Waals surface area (Å²) in [6, 6.07) is 21.9. The van der Waals surface area contributed by atoms with Gasteiger partial charge in [0.15, 0.2) is 0 Å². The van der Waals surface area contributed by atoms with Crippen molar-refractivity contribution in [1.82, 2.24) is 0 Å². The monoisotopic (exact) mass is 424 g/mol. The fourth-order valence-corrected chi connectivity index (χ4v) is 4.19. The van der Waals surface area contributed by atoms with Gasteiger partial charge in [0.1, 0.15) is 0 Å². The van der Waals surface area contributed by atoms with Gasteiger partial charge in [-0.25, -0.2) is 0 Å². The highest BCUT2D eigenvalue weighted by Crippen LogP contribution is 2.30. The van der Waals surface area contributed by atoms with Crippen LogP contribution in [-0.4, -0.2) is 11.7 Å². The van der Waals surface area contributed by atoms with Crippen molar-refractivity contribution in [3.8, 4) is 23.0 Å². The Hall–Kier alpha value is -2.82. The standard InChI is InChI=1S/C31H36O/c1-4-7-8-9-24-10-12-25(13-11-24)14-15-26-16-18-30(28(5-2)22-26)31-19-17-27(20-21-32)23-29(31)6-3/h10-13,16-19,22-23,32H,4-9,20-21H2,1-3H3. The van der Waals surface area contributed by atoms with E-state index in [1.54, 1.807) is 0 Å². The molecule has 0 amide bonds. The summed E-state index contributed by atoms with van der Waals surface area (Å²) in [6.07, 6.45) is 7.64. The largest absolute Gasteiger partial charge is 0.396 e. The maximum atomic E-state index is 9.26. The van der Waals surface area contributed by atoms with Crippen LogP contribution in [0.15, 0.2) is 60.7 Å². The second-order valence-corrected chi connectivity index (χ2v) is 8.45. The lowest BCUT2D eigenvalue weighted by atomic mass is 9.90. The molecule has 3 aromatic carbocycles. The van der Waals surface area contributed by atoms with E-state index in [-0.39, 0.29) is 6.61 Å². The minimum Gasteiger partial charge on any atom is -0.396 e. The Morgan fingerprint density at radius 3 is 1.88 bits per heavy atom. The normalized spacial score (nSPS) is 10.6. The average Bonchev–Trinajstić information content (AvgIpc) is 2.83. The molecule has 0 atom stereocenters. The molecule has 0 unspecified atom stereocenters. The molecule has 3 aromatic rings. The summed E-state index contributed by atoms with van der Waals surface area (Å²) in [5, 5.41) is 9.26. The Labute approximate surface area is 194 Å². The lowest BCUT2D eigenvalue weighted by molar-refractivity contribution is 0.299. The summed E-state index contributed by atoms with van der Waals surface area (Å²) in [6.45, 7) is 6.84. The number of unbranched alkanes of at least 4 members (excludes halogenated alkanes) is 2. The summed E-state index contributed by atoms with van der Waals surface area (Å²) in [5.41, 5.74) is 9.98. The van der Waals surface area contributed by atoms with Crippen molar-refractivity contribution in [3.05, 3.63) is 94.0 Å². The zero-order valence-electron chi connectivity index (χ0n) is 19.9. The van der Waals surface area contributed by atoms with Gasteiger partial charge in [0.05, 0.1) is 0 Å². The predicted octanol–water partition coefficient (Wildman–Crippen LogP) is 7.15. The van der Waals surface area contributed by atoms with Crippen LogP contribution in [0.25, 0.3) is 11.1 Å². The maximum Gasteiger partial charge on any atom is 0.0471 e. The topological polar surface area (TPSA) is 20.2 Å².